The van der Waals surface area contributed by atoms with E-state index < -0.39 is 0 Å². The Morgan fingerprint density at radius 3 is 2.58 bits per heavy atom. The fourth-order valence-electron chi connectivity index (χ4n) is 0.763. The van der Waals surface area contributed by atoms with Gasteiger partial charge in [-0.05, 0) is 13.8 Å². The first-order valence-electron chi connectivity index (χ1n) is 3.36. The van der Waals surface area contributed by atoms with Crippen LogP contribution in [0.5, 0.6) is 0 Å². The maximum Gasteiger partial charge on any atom is 0.152 e. The van der Waals surface area contributed by atoms with Gasteiger partial charge in [-0.3, -0.25) is 4.98 Å². The van der Waals surface area contributed by atoms with Crippen LogP contribution in [0.1, 0.15) is 24.4 Å². The monoisotopic (exact) mass is 207 g/mol. The van der Waals surface area contributed by atoms with Crippen LogP contribution in [-0.4, -0.2) is 9.97 Å². The molecule has 0 saturated heterocycles. The zero-order valence-corrected chi connectivity index (χ0v) is 8.49. The first-order valence-corrected chi connectivity index (χ1v) is 3.73. The van der Waals surface area contributed by atoms with E-state index in [1.165, 1.54) is 0 Å². The minimum absolute atomic E-state index is 0. The summed E-state index contributed by atoms with van der Waals surface area (Å²) in [6, 6.07) is -0.157. The average molecular weight is 208 g/mol. The number of aromatic nitrogens is 2. The molecule has 3 nitrogen and oxygen atoms in total. The van der Waals surface area contributed by atoms with Crippen molar-refractivity contribution >= 4 is 24.0 Å². The van der Waals surface area contributed by atoms with Gasteiger partial charge in [-0.15, -0.1) is 12.4 Å². The summed E-state index contributed by atoms with van der Waals surface area (Å²) in [7, 11) is 0. The number of hydrogen-bond donors (Lipinski definition) is 1. The highest BCUT2D eigenvalue weighted by molar-refractivity contribution is 6.30. The zero-order valence-electron chi connectivity index (χ0n) is 6.91. The Kier molecular flexibility index (Phi) is 4.45. The molecule has 1 heterocycles. The SMILES string of the molecule is Cc1cnc(C(C)N)c(Cl)n1.Cl. The Bertz CT molecular complexity index is 263. The molecule has 0 saturated carbocycles. The molecule has 0 aromatic carbocycles. The largest absolute Gasteiger partial charge is 0.323 e. The van der Waals surface area contributed by atoms with Crippen molar-refractivity contribution in [3.8, 4) is 0 Å². The van der Waals surface area contributed by atoms with E-state index in [4.69, 9.17) is 17.3 Å². The Hall–Kier alpha value is -0.380. The molecule has 2 N–H and O–H groups in total. The molecule has 0 spiro atoms. The van der Waals surface area contributed by atoms with Crippen LogP contribution in [0.2, 0.25) is 5.15 Å². The summed E-state index contributed by atoms with van der Waals surface area (Å²) in [5.41, 5.74) is 7.03. The molecule has 5 heteroatoms. The molecule has 0 amide bonds. The van der Waals surface area contributed by atoms with Gasteiger partial charge < -0.3 is 5.73 Å². The molecule has 68 valence electrons. The predicted octanol–water partition coefficient (Wildman–Crippen LogP) is 1.88. The van der Waals surface area contributed by atoms with E-state index in [1.54, 1.807) is 6.20 Å². The minimum atomic E-state index is -0.157. The van der Waals surface area contributed by atoms with Gasteiger partial charge in [0, 0.05) is 12.2 Å². The Morgan fingerprint density at radius 2 is 2.17 bits per heavy atom. The van der Waals surface area contributed by atoms with Crippen LogP contribution in [-0.2, 0) is 0 Å². The second-order valence-corrected chi connectivity index (χ2v) is 2.83. The highest BCUT2D eigenvalue weighted by atomic mass is 35.5. The van der Waals surface area contributed by atoms with Crippen molar-refractivity contribution in [3.63, 3.8) is 0 Å². The standard InChI is InChI=1S/C7H10ClN3.ClH/c1-4-3-10-6(5(2)9)7(8)11-4;/h3,5H,9H2,1-2H3;1H. The van der Waals surface area contributed by atoms with Crippen molar-refractivity contribution in [3.05, 3.63) is 22.7 Å². The molecule has 12 heavy (non-hydrogen) atoms. The zero-order chi connectivity index (χ0) is 8.43. The van der Waals surface area contributed by atoms with Gasteiger partial charge in [0.2, 0.25) is 0 Å². The van der Waals surface area contributed by atoms with Gasteiger partial charge in [0.15, 0.2) is 5.15 Å². The highest BCUT2D eigenvalue weighted by Crippen LogP contribution is 2.15. The normalized spacial score (nSPS) is 12.0. The first-order chi connectivity index (χ1) is 5.11. The third-order valence-electron chi connectivity index (χ3n) is 1.31. The van der Waals surface area contributed by atoms with E-state index >= 15 is 0 Å². The van der Waals surface area contributed by atoms with Gasteiger partial charge in [-0.25, -0.2) is 4.98 Å². The van der Waals surface area contributed by atoms with Crippen molar-refractivity contribution < 1.29 is 0 Å². The van der Waals surface area contributed by atoms with Crippen LogP contribution >= 0.6 is 24.0 Å². The molecule has 1 rings (SSSR count). The third-order valence-corrected chi connectivity index (χ3v) is 1.59. The second-order valence-electron chi connectivity index (χ2n) is 2.48. The number of halogens is 2. The lowest BCUT2D eigenvalue weighted by molar-refractivity contribution is 0.769. The van der Waals surface area contributed by atoms with Crippen molar-refractivity contribution in [1.29, 1.82) is 0 Å². The smallest absolute Gasteiger partial charge is 0.152 e. The summed E-state index contributed by atoms with van der Waals surface area (Å²) >= 11 is 5.77. The number of hydrogen-bond acceptors (Lipinski definition) is 3. The molecular weight excluding hydrogens is 197 g/mol. The molecule has 1 atom stereocenters. The molecule has 0 aliphatic rings. The Balaban J connectivity index is 0.00000121. The Morgan fingerprint density at radius 1 is 1.58 bits per heavy atom. The average Bonchev–Trinajstić information content (AvgIpc) is 1.85. The molecule has 0 bridgehead atoms. The minimum Gasteiger partial charge on any atom is -0.323 e. The van der Waals surface area contributed by atoms with Crippen molar-refractivity contribution in [1.82, 2.24) is 9.97 Å². The third kappa shape index (κ3) is 2.59. The van der Waals surface area contributed by atoms with E-state index in [1.807, 2.05) is 13.8 Å². The quantitative estimate of drug-likeness (QED) is 0.766. The molecule has 1 aromatic rings. The fraction of sp³-hybridized carbons (Fsp3) is 0.429. The van der Waals surface area contributed by atoms with Gasteiger partial charge >= 0.3 is 0 Å². The van der Waals surface area contributed by atoms with E-state index in [9.17, 15) is 0 Å². The molecule has 0 aliphatic carbocycles. The van der Waals surface area contributed by atoms with Gasteiger partial charge in [0.05, 0.1) is 11.4 Å². The Labute approximate surface area is 82.8 Å². The lowest BCUT2D eigenvalue weighted by Crippen LogP contribution is -2.09. The maximum absolute atomic E-state index is 5.77. The topological polar surface area (TPSA) is 51.8 Å². The van der Waals surface area contributed by atoms with Crippen molar-refractivity contribution in [2.75, 3.05) is 0 Å². The number of nitrogens with two attached hydrogens (primary N) is 1. The fourth-order valence-corrected chi connectivity index (χ4v) is 1.12. The van der Waals surface area contributed by atoms with Crippen molar-refractivity contribution in [2.45, 2.75) is 19.9 Å². The predicted molar refractivity (Wildman–Crippen MR) is 51.6 cm³/mol. The molecule has 0 fully saturated rings. The maximum atomic E-state index is 5.77. The van der Waals surface area contributed by atoms with E-state index in [-0.39, 0.29) is 18.4 Å². The number of aryl methyl sites for hydroxylation is 1. The van der Waals surface area contributed by atoms with Crippen LogP contribution in [0.4, 0.5) is 0 Å². The summed E-state index contributed by atoms with van der Waals surface area (Å²) < 4.78 is 0. The lowest BCUT2D eigenvalue weighted by atomic mass is 10.2. The van der Waals surface area contributed by atoms with Gasteiger partial charge in [-0.1, -0.05) is 11.6 Å². The van der Waals surface area contributed by atoms with Crippen molar-refractivity contribution in [2.24, 2.45) is 5.73 Å². The second kappa shape index (κ2) is 4.60. The number of rotatable bonds is 1. The molecular formula is C7H11Cl2N3. The van der Waals surface area contributed by atoms with Crippen LogP contribution < -0.4 is 5.73 Å². The van der Waals surface area contributed by atoms with Crippen LogP contribution in [0.25, 0.3) is 0 Å². The number of nitrogens with zero attached hydrogens (tertiary/aromatic N) is 2. The van der Waals surface area contributed by atoms with Crippen LogP contribution in [0, 0.1) is 6.92 Å². The summed E-state index contributed by atoms with van der Waals surface area (Å²) in [4.78, 5) is 8.08. The van der Waals surface area contributed by atoms with Gasteiger partial charge in [-0.2, -0.15) is 0 Å². The summed E-state index contributed by atoms with van der Waals surface area (Å²) in [6.07, 6.45) is 1.66. The molecule has 1 aromatic heterocycles. The molecule has 0 radical (unpaired) electrons. The molecule has 0 aliphatic heterocycles. The highest BCUT2D eigenvalue weighted by Gasteiger charge is 2.07. The molecule has 1 unspecified atom stereocenters. The van der Waals surface area contributed by atoms with E-state index in [2.05, 4.69) is 9.97 Å². The van der Waals surface area contributed by atoms with E-state index in [0.29, 0.717) is 10.8 Å². The van der Waals surface area contributed by atoms with Crippen LogP contribution in [0.15, 0.2) is 6.20 Å². The summed E-state index contributed by atoms with van der Waals surface area (Å²) in [5.74, 6) is 0. The van der Waals surface area contributed by atoms with Gasteiger partial charge in [0.25, 0.3) is 0 Å². The van der Waals surface area contributed by atoms with Crippen LogP contribution in [0.3, 0.4) is 0 Å². The summed E-state index contributed by atoms with van der Waals surface area (Å²) in [6.45, 7) is 3.66. The summed E-state index contributed by atoms with van der Waals surface area (Å²) in [5, 5.41) is 0.403. The first kappa shape index (κ1) is 11.6. The van der Waals surface area contributed by atoms with E-state index in [0.717, 1.165) is 5.69 Å². The van der Waals surface area contributed by atoms with Gasteiger partial charge in [0.1, 0.15) is 0 Å². The lowest BCUT2D eigenvalue weighted by Gasteiger charge is -2.05.